The highest BCUT2D eigenvalue weighted by molar-refractivity contribution is 5.97. The molecule has 0 amide bonds. The molecule has 11 heteroatoms. The lowest BCUT2D eigenvalue weighted by Gasteiger charge is -2.06. The number of benzene rings is 1. The van der Waals surface area contributed by atoms with E-state index in [-0.39, 0.29) is 23.7 Å². The number of aromatic nitrogens is 6. The van der Waals surface area contributed by atoms with Gasteiger partial charge in [0.25, 0.3) is 0 Å². The molecule has 3 aromatic heterocycles. The van der Waals surface area contributed by atoms with Gasteiger partial charge in [-0.2, -0.15) is 18.0 Å². The first kappa shape index (κ1) is 20.5. The van der Waals surface area contributed by atoms with Crippen LogP contribution in [0.3, 0.4) is 0 Å². The maximum atomic E-state index is 12.9. The average molecular weight is 430 g/mol. The maximum absolute atomic E-state index is 12.9. The predicted molar refractivity (Wildman–Crippen MR) is 103 cm³/mol. The van der Waals surface area contributed by atoms with Gasteiger partial charge in [-0.25, -0.2) is 0 Å². The maximum Gasteiger partial charge on any atom is 0.416 e. The summed E-state index contributed by atoms with van der Waals surface area (Å²) in [7, 11) is 0. The molecule has 3 heterocycles. The number of halogens is 3. The van der Waals surface area contributed by atoms with E-state index in [1.54, 1.807) is 30.5 Å². The minimum absolute atomic E-state index is 0.00226. The number of aryl methyl sites for hydroxylation is 2. The van der Waals surface area contributed by atoms with Crippen LogP contribution in [0.1, 0.15) is 33.1 Å². The third-order valence-corrected chi connectivity index (χ3v) is 4.76. The van der Waals surface area contributed by atoms with Gasteiger partial charge in [0.15, 0.2) is 11.6 Å². The van der Waals surface area contributed by atoms with Gasteiger partial charge in [0.2, 0.25) is 5.82 Å². The van der Waals surface area contributed by atoms with Crippen molar-refractivity contribution < 1.29 is 22.5 Å². The highest BCUT2D eigenvalue weighted by Gasteiger charge is 2.30. The number of nitrogens with zero attached hydrogens (tertiary/aromatic N) is 6. The number of hydrogen-bond acceptors (Lipinski definition) is 6. The highest BCUT2D eigenvalue weighted by atomic mass is 19.4. The quantitative estimate of drug-likeness (QED) is 0.446. The van der Waals surface area contributed by atoms with Crippen LogP contribution in [0, 0.1) is 20.8 Å². The number of hydrogen-bond donors (Lipinski definition) is 0. The fourth-order valence-electron chi connectivity index (χ4n) is 3.33. The Balaban J connectivity index is 1.57. The summed E-state index contributed by atoms with van der Waals surface area (Å²) in [5.74, 6) is 0.941. The molecule has 0 aliphatic carbocycles. The van der Waals surface area contributed by atoms with Gasteiger partial charge < -0.3 is 4.52 Å². The minimum atomic E-state index is -4.48. The second-order valence-corrected chi connectivity index (χ2v) is 7.06. The molecule has 0 N–H and O–H groups in total. The molecule has 8 nitrogen and oxygen atoms in total. The van der Waals surface area contributed by atoms with Gasteiger partial charge in [0.1, 0.15) is 12.3 Å². The summed E-state index contributed by atoms with van der Waals surface area (Å²) in [6, 6.07) is 8.11. The fraction of sp³-hybridized carbons (Fsp3) is 0.250. The van der Waals surface area contributed by atoms with Gasteiger partial charge >= 0.3 is 6.18 Å². The number of alkyl halides is 3. The zero-order chi connectivity index (χ0) is 22.3. The molecule has 4 aromatic rings. The molecule has 0 atom stereocenters. The molecular weight excluding hydrogens is 413 g/mol. The summed E-state index contributed by atoms with van der Waals surface area (Å²) in [4.78, 5) is 13.9. The Bertz CT molecular complexity index is 1270. The van der Waals surface area contributed by atoms with Gasteiger partial charge in [-0.1, -0.05) is 17.3 Å². The van der Waals surface area contributed by atoms with Gasteiger partial charge in [-0.3, -0.25) is 9.36 Å². The van der Waals surface area contributed by atoms with E-state index in [1.165, 1.54) is 12.1 Å². The van der Waals surface area contributed by atoms with Crippen LogP contribution in [0.15, 0.2) is 40.9 Å². The normalized spacial score (nSPS) is 11.8. The molecule has 0 saturated heterocycles. The molecule has 160 valence electrons. The molecule has 0 fully saturated rings. The number of Topliss-reactive ketones (excluding diaryl/α,β-unsaturated/α-hetero) is 1. The number of ketones is 1. The Morgan fingerprint density at radius 3 is 2.58 bits per heavy atom. The van der Waals surface area contributed by atoms with E-state index in [2.05, 4.69) is 20.6 Å². The van der Waals surface area contributed by atoms with Crippen LogP contribution >= 0.6 is 0 Å². The van der Waals surface area contributed by atoms with Crippen molar-refractivity contribution in [3.05, 3.63) is 64.7 Å². The van der Waals surface area contributed by atoms with Gasteiger partial charge in [-0.05, 0) is 44.2 Å². The molecule has 0 saturated carbocycles. The monoisotopic (exact) mass is 430 g/mol. The first-order chi connectivity index (χ1) is 14.6. The van der Waals surface area contributed by atoms with Gasteiger partial charge in [0.05, 0.1) is 5.56 Å². The van der Waals surface area contributed by atoms with E-state index in [9.17, 15) is 18.0 Å². The molecule has 0 unspecified atom stereocenters. The Morgan fingerprint density at radius 2 is 1.90 bits per heavy atom. The van der Waals surface area contributed by atoms with Crippen molar-refractivity contribution in [3.8, 4) is 17.2 Å². The molecule has 0 bridgehead atoms. The number of tetrazole rings is 1. The zero-order valence-electron chi connectivity index (χ0n) is 16.8. The lowest BCUT2D eigenvalue weighted by molar-refractivity contribution is -0.137. The summed E-state index contributed by atoms with van der Waals surface area (Å²) in [5, 5.41) is 15.6. The molecule has 0 aliphatic rings. The summed E-state index contributed by atoms with van der Waals surface area (Å²) in [5.41, 5.74) is 1.27. The van der Waals surface area contributed by atoms with E-state index < -0.39 is 11.7 Å². The van der Waals surface area contributed by atoms with E-state index in [0.717, 1.165) is 22.6 Å². The van der Waals surface area contributed by atoms with E-state index >= 15 is 0 Å². The standard InChI is InChI=1S/C20H17F3N6O2/c1-11-7-16(13(3)29(11)18-8-12(2)31-26-18)17(30)10-28-25-19(24-27-28)14-5-4-6-15(9-14)20(21,22)23/h4-9H,10H2,1-3H3. The topological polar surface area (TPSA) is 91.6 Å². The fourth-order valence-corrected chi connectivity index (χ4v) is 3.33. The SMILES string of the molecule is Cc1cc(-n2c(C)cc(C(=O)Cn3nnc(-c4cccc(C(F)(F)F)c4)n3)c2C)no1. The van der Waals surface area contributed by atoms with Crippen LogP contribution in [0.25, 0.3) is 17.2 Å². The Hall–Kier alpha value is -3.76. The van der Waals surface area contributed by atoms with Crippen molar-refractivity contribution >= 4 is 5.78 Å². The molecular formula is C20H17F3N6O2. The van der Waals surface area contributed by atoms with Crippen molar-refractivity contribution in [2.45, 2.75) is 33.5 Å². The largest absolute Gasteiger partial charge is 0.416 e. The minimum Gasteiger partial charge on any atom is -0.360 e. The van der Waals surface area contributed by atoms with Crippen LogP contribution in [0.2, 0.25) is 0 Å². The van der Waals surface area contributed by atoms with E-state index in [1.807, 2.05) is 6.92 Å². The molecule has 0 radical (unpaired) electrons. The van der Waals surface area contributed by atoms with E-state index in [0.29, 0.717) is 22.8 Å². The van der Waals surface area contributed by atoms with Crippen LogP contribution in [0.5, 0.6) is 0 Å². The van der Waals surface area contributed by atoms with Crippen molar-refractivity contribution in [3.63, 3.8) is 0 Å². The third-order valence-electron chi connectivity index (χ3n) is 4.76. The summed E-state index contributed by atoms with van der Waals surface area (Å²) < 4.78 is 45.7. The van der Waals surface area contributed by atoms with Crippen LogP contribution in [-0.2, 0) is 12.7 Å². The van der Waals surface area contributed by atoms with Crippen molar-refractivity contribution in [1.29, 1.82) is 0 Å². The zero-order valence-corrected chi connectivity index (χ0v) is 16.8. The second-order valence-electron chi connectivity index (χ2n) is 7.06. The molecule has 0 spiro atoms. The second kappa shape index (κ2) is 7.49. The molecule has 0 aliphatic heterocycles. The van der Waals surface area contributed by atoms with Gasteiger partial charge in [0, 0.05) is 28.6 Å². The summed E-state index contributed by atoms with van der Waals surface area (Å²) in [6.45, 7) is 5.18. The first-order valence-corrected chi connectivity index (χ1v) is 9.25. The lowest BCUT2D eigenvalue weighted by Crippen LogP contribution is -2.14. The Labute approximate surface area is 174 Å². The van der Waals surface area contributed by atoms with Crippen molar-refractivity contribution in [1.82, 2.24) is 29.9 Å². The summed E-state index contributed by atoms with van der Waals surface area (Å²) >= 11 is 0. The van der Waals surface area contributed by atoms with Crippen molar-refractivity contribution in [2.24, 2.45) is 0 Å². The number of rotatable bonds is 5. The Kier molecular flexibility index (Phi) is 4.96. The van der Waals surface area contributed by atoms with Crippen molar-refractivity contribution in [2.75, 3.05) is 0 Å². The average Bonchev–Trinajstić information content (AvgIpc) is 3.41. The highest BCUT2D eigenvalue weighted by Crippen LogP contribution is 2.31. The third kappa shape index (κ3) is 3.98. The lowest BCUT2D eigenvalue weighted by atomic mass is 10.1. The van der Waals surface area contributed by atoms with E-state index in [4.69, 9.17) is 4.52 Å². The van der Waals surface area contributed by atoms with Gasteiger partial charge in [-0.15, -0.1) is 10.2 Å². The Morgan fingerprint density at radius 1 is 1.13 bits per heavy atom. The predicted octanol–water partition coefficient (Wildman–Crippen LogP) is 3.95. The molecule has 1 aromatic carbocycles. The van der Waals surface area contributed by atoms with Crippen LogP contribution in [-0.4, -0.2) is 35.7 Å². The number of carbonyl (C=O) groups excluding carboxylic acids is 1. The summed E-state index contributed by atoms with van der Waals surface area (Å²) in [6.07, 6.45) is -4.48. The smallest absolute Gasteiger partial charge is 0.360 e. The molecule has 31 heavy (non-hydrogen) atoms. The molecule has 4 rings (SSSR count). The van der Waals surface area contributed by atoms with Crippen LogP contribution < -0.4 is 0 Å². The van der Waals surface area contributed by atoms with Crippen LogP contribution in [0.4, 0.5) is 13.2 Å². The number of carbonyl (C=O) groups is 1. The first-order valence-electron chi connectivity index (χ1n) is 9.25.